The summed E-state index contributed by atoms with van der Waals surface area (Å²) >= 11 is 0. The van der Waals surface area contributed by atoms with Crippen LogP contribution in [-0.4, -0.2) is 11.0 Å². The standard InChI is InChI=1S/C14H13NO2/c1-10-8-9-13(15-11(10)2)14(16)17-12-6-4-3-5-7-12/h3-9H,1-2H3. The van der Waals surface area contributed by atoms with E-state index in [2.05, 4.69) is 4.98 Å². The van der Waals surface area contributed by atoms with Crippen molar-refractivity contribution in [2.45, 2.75) is 13.8 Å². The van der Waals surface area contributed by atoms with Crippen LogP contribution >= 0.6 is 0 Å². The molecule has 2 rings (SSSR count). The summed E-state index contributed by atoms with van der Waals surface area (Å²) in [6, 6.07) is 12.5. The number of pyridine rings is 1. The highest BCUT2D eigenvalue weighted by Crippen LogP contribution is 2.12. The second-order valence-electron chi connectivity index (χ2n) is 3.80. The molecule has 3 heteroatoms. The molecule has 0 fully saturated rings. The fourth-order valence-corrected chi connectivity index (χ4v) is 1.39. The van der Waals surface area contributed by atoms with Crippen LogP contribution in [0.15, 0.2) is 42.5 Å². The fraction of sp³-hybridized carbons (Fsp3) is 0.143. The SMILES string of the molecule is Cc1ccc(C(=O)Oc2ccccc2)nc1C. The second-order valence-corrected chi connectivity index (χ2v) is 3.80. The van der Waals surface area contributed by atoms with Crippen LogP contribution < -0.4 is 4.74 Å². The third kappa shape index (κ3) is 2.69. The lowest BCUT2D eigenvalue weighted by molar-refractivity contribution is 0.0728. The van der Waals surface area contributed by atoms with Crippen LogP contribution in [-0.2, 0) is 0 Å². The average molecular weight is 227 g/mol. The minimum Gasteiger partial charge on any atom is -0.422 e. The Morgan fingerprint density at radius 2 is 1.76 bits per heavy atom. The van der Waals surface area contributed by atoms with E-state index in [1.807, 2.05) is 38.1 Å². The van der Waals surface area contributed by atoms with Crippen molar-refractivity contribution in [1.82, 2.24) is 4.98 Å². The van der Waals surface area contributed by atoms with Gasteiger partial charge in [-0.05, 0) is 37.6 Å². The van der Waals surface area contributed by atoms with E-state index in [1.165, 1.54) is 0 Å². The lowest BCUT2D eigenvalue weighted by Gasteiger charge is -2.05. The summed E-state index contributed by atoms with van der Waals surface area (Å²) in [4.78, 5) is 16.0. The zero-order chi connectivity index (χ0) is 12.3. The summed E-state index contributed by atoms with van der Waals surface area (Å²) in [5.74, 6) is 0.0943. The molecule has 0 radical (unpaired) electrons. The summed E-state index contributed by atoms with van der Waals surface area (Å²) in [5, 5.41) is 0. The van der Waals surface area contributed by atoms with Crippen LogP contribution in [0.5, 0.6) is 5.75 Å². The van der Waals surface area contributed by atoms with Gasteiger partial charge in [-0.1, -0.05) is 24.3 Å². The Kier molecular flexibility index (Phi) is 3.19. The molecular weight excluding hydrogens is 214 g/mol. The van der Waals surface area contributed by atoms with Crippen LogP contribution in [0.25, 0.3) is 0 Å². The molecule has 1 aromatic carbocycles. The first-order valence-electron chi connectivity index (χ1n) is 5.38. The predicted octanol–water partition coefficient (Wildman–Crippen LogP) is 2.92. The number of para-hydroxylation sites is 1. The van der Waals surface area contributed by atoms with Gasteiger partial charge in [0.05, 0.1) is 0 Å². The molecule has 0 spiro atoms. The molecule has 0 aliphatic heterocycles. The molecule has 2 aromatic rings. The molecule has 0 saturated heterocycles. The number of rotatable bonds is 2. The summed E-state index contributed by atoms with van der Waals surface area (Å²) in [5.41, 5.74) is 2.23. The molecule has 0 saturated carbocycles. The van der Waals surface area contributed by atoms with Gasteiger partial charge in [0.25, 0.3) is 0 Å². The first-order valence-corrected chi connectivity index (χ1v) is 5.38. The van der Waals surface area contributed by atoms with Gasteiger partial charge in [-0.25, -0.2) is 9.78 Å². The molecule has 0 atom stereocenters. The summed E-state index contributed by atoms with van der Waals surface area (Å²) in [6.07, 6.45) is 0. The van der Waals surface area contributed by atoms with E-state index in [0.29, 0.717) is 11.4 Å². The average Bonchev–Trinajstić information content (AvgIpc) is 2.34. The lowest BCUT2D eigenvalue weighted by Crippen LogP contribution is -2.11. The van der Waals surface area contributed by atoms with Gasteiger partial charge in [-0.2, -0.15) is 0 Å². The number of carbonyl (C=O) groups is 1. The van der Waals surface area contributed by atoms with E-state index in [4.69, 9.17) is 4.74 Å². The van der Waals surface area contributed by atoms with E-state index >= 15 is 0 Å². The van der Waals surface area contributed by atoms with Crippen LogP contribution in [0, 0.1) is 13.8 Å². The Bertz CT molecular complexity index is 535. The van der Waals surface area contributed by atoms with E-state index in [1.54, 1.807) is 18.2 Å². The normalized spacial score (nSPS) is 10.0. The van der Waals surface area contributed by atoms with Crippen molar-refractivity contribution in [2.75, 3.05) is 0 Å². The number of aromatic nitrogens is 1. The smallest absolute Gasteiger partial charge is 0.362 e. The molecule has 86 valence electrons. The zero-order valence-electron chi connectivity index (χ0n) is 9.81. The van der Waals surface area contributed by atoms with Crippen molar-refractivity contribution in [1.29, 1.82) is 0 Å². The van der Waals surface area contributed by atoms with Gasteiger partial charge in [0.15, 0.2) is 0 Å². The Labute approximate surface area is 100 Å². The number of carbonyl (C=O) groups excluding carboxylic acids is 1. The third-order valence-corrected chi connectivity index (χ3v) is 2.51. The lowest BCUT2D eigenvalue weighted by atomic mass is 10.2. The highest BCUT2D eigenvalue weighted by molar-refractivity contribution is 5.89. The van der Waals surface area contributed by atoms with Gasteiger partial charge in [0, 0.05) is 5.69 Å². The van der Waals surface area contributed by atoms with Gasteiger partial charge in [0.2, 0.25) is 0 Å². The number of aryl methyl sites for hydroxylation is 2. The van der Waals surface area contributed by atoms with Crippen molar-refractivity contribution in [2.24, 2.45) is 0 Å². The van der Waals surface area contributed by atoms with Crippen LogP contribution in [0.2, 0.25) is 0 Å². The van der Waals surface area contributed by atoms with Gasteiger partial charge in [-0.15, -0.1) is 0 Å². The quantitative estimate of drug-likeness (QED) is 0.585. The molecule has 0 N–H and O–H groups in total. The number of hydrogen-bond donors (Lipinski definition) is 0. The van der Waals surface area contributed by atoms with Crippen molar-refractivity contribution < 1.29 is 9.53 Å². The Balaban J connectivity index is 2.18. The minimum atomic E-state index is -0.431. The molecule has 0 amide bonds. The Hall–Kier alpha value is -2.16. The van der Waals surface area contributed by atoms with Crippen LogP contribution in [0.1, 0.15) is 21.7 Å². The maximum absolute atomic E-state index is 11.8. The maximum atomic E-state index is 11.8. The number of hydrogen-bond acceptors (Lipinski definition) is 3. The highest BCUT2D eigenvalue weighted by atomic mass is 16.5. The number of esters is 1. The van der Waals surface area contributed by atoms with Crippen LogP contribution in [0.3, 0.4) is 0 Å². The molecule has 0 unspecified atom stereocenters. The van der Waals surface area contributed by atoms with E-state index in [9.17, 15) is 4.79 Å². The number of benzene rings is 1. The van der Waals surface area contributed by atoms with E-state index in [0.717, 1.165) is 11.3 Å². The van der Waals surface area contributed by atoms with Gasteiger partial charge in [-0.3, -0.25) is 0 Å². The number of ether oxygens (including phenoxy) is 1. The minimum absolute atomic E-state index is 0.331. The molecule has 0 aliphatic rings. The third-order valence-electron chi connectivity index (χ3n) is 2.51. The van der Waals surface area contributed by atoms with Crippen molar-refractivity contribution in [3.05, 3.63) is 59.4 Å². The fourth-order valence-electron chi connectivity index (χ4n) is 1.39. The van der Waals surface area contributed by atoms with Crippen molar-refractivity contribution in [3.8, 4) is 5.75 Å². The largest absolute Gasteiger partial charge is 0.422 e. The first kappa shape index (κ1) is 11.3. The molecule has 0 aliphatic carbocycles. The molecular formula is C14H13NO2. The summed E-state index contributed by atoms with van der Waals surface area (Å²) < 4.78 is 5.19. The number of nitrogens with zero attached hydrogens (tertiary/aromatic N) is 1. The van der Waals surface area contributed by atoms with Crippen molar-refractivity contribution >= 4 is 5.97 Å². The monoisotopic (exact) mass is 227 g/mol. The van der Waals surface area contributed by atoms with E-state index < -0.39 is 5.97 Å². The second kappa shape index (κ2) is 4.78. The zero-order valence-corrected chi connectivity index (χ0v) is 9.81. The van der Waals surface area contributed by atoms with Crippen LogP contribution in [0.4, 0.5) is 0 Å². The van der Waals surface area contributed by atoms with Gasteiger partial charge >= 0.3 is 5.97 Å². The predicted molar refractivity (Wildman–Crippen MR) is 65.1 cm³/mol. The first-order chi connectivity index (χ1) is 8.16. The van der Waals surface area contributed by atoms with Gasteiger partial charge < -0.3 is 4.74 Å². The summed E-state index contributed by atoms with van der Waals surface area (Å²) in [7, 11) is 0. The highest BCUT2D eigenvalue weighted by Gasteiger charge is 2.10. The Morgan fingerprint density at radius 1 is 1.06 bits per heavy atom. The molecule has 0 bridgehead atoms. The molecule has 3 nitrogen and oxygen atoms in total. The topological polar surface area (TPSA) is 39.2 Å². The molecule has 17 heavy (non-hydrogen) atoms. The van der Waals surface area contributed by atoms with Crippen molar-refractivity contribution in [3.63, 3.8) is 0 Å². The summed E-state index contributed by atoms with van der Waals surface area (Å²) in [6.45, 7) is 3.82. The van der Waals surface area contributed by atoms with Gasteiger partial charge in [0.1, 0.15) is 11.4 Å². The molecule has 1 heterocycles. The molecule has 1 aromatic heterocycles. The maximum Gasteiger partial charge on any atom is 0.362 e. The van der Waals surface area contributed by atoms with E-state index in [-0.39, 0.29) is 0 Å². The Morgan fingerprint density at radius 3 is 2.41 bits per heavy atom.